The fourth-order valence-corrected chi connectivity index (χ4v) is 2.07. The highest BCUT2D eigenvalue weighted by atomic mass is 19.4. The molecule has 0 fully saturated rings. The van der Waals surface area contributed by atoms with Crippen LogP contribution in [-0.4, -0.2) is 18.4 Å². The first-order chi connectivity index (χ1) is 9.89. The minimum atomic E-state index is -4.70. The molecule has 0 aliphatic carbocycles. The molecule has 1 aromatic heterocycles. The molecule has 1 aromatic carbocycles. The number of halogens is 3. The smallest absolute Gasteiger partial charge is 0.406 e. The molecule has 0 radical (unpaired) electrons. The molecule has 0 spiro atoms. The van der Waals surface area contributed by atoms with Gasteiger partial charge in [-0.2, -0.15) is 0 Å². The van der Waals surface area contributed by atoms with E-state index in [-0.39, 0.29) is 11.8 Å². The molecule has 3 nitrogen and oxygen atoms in total. The standard InChI is InChI=1S/C15H15F3N2O/c1-10-6-7-12(9-20-10)14(19-2)11-4-3-5-13(8-11)21-15(16,17)18/h3-9,14,19H,1-2H3. The Morgan fingerprint density at radius 3 is 2.48 bits per heavy atom. The summed E-state index contributed by atoms with van der Waals surface area (Å²) in [7, 11) is 1.74. The van der Waals surface area contributed by atoms with Crippen molar-refractivity contribution in [2.75, 3.05) is 7.05 Å². The number of pyridine rings is 1. The number of nitrogens with zero attached hydrogens (tertiary/aromatic N) is 1. The molecule has 112 valence electrons. The summed E-state index contributed by atoms with van der Waals surface area (Å²) < 4.78 is 40.8. The van der Waals surface area contributed by atoms with Gasteiger partial charge < -0.3 is 10.1 Å². The minimum absolute atomic E-state index is 0.236. The van der Waals surface area contributed by atoms with Gasteiger partial charge in [-0.05, 0) is 43.3 Å². The van der Waals surface area contributed by atoms with Crippen LogP contribution in [0.3, 0.4) is 0 Å². The van der Waals surface area contributed by atoms with Crippen molar-refractivity contribution in [2.24, 2.45) is 0 Å². The number of hydrogen-bond donors (Lipinski definition) is 1. The highest BCUT2D eigenvalue weighted by Crippen LogP contribution is 2.28. The van der Waals surface area contributed by atoms with Crippen molar-refractivity contribution in [2.45, 2.75) is 19.3 Å². The second-order valence-electron chi connectivity index (χ2n) is 4.57. The van der Waals surface area contributed by atoms with Crippen LogP contribution >= 0.6 is 0 Å². The highest BCUT2D eigenvalue weighted by molar-refractivity contribution is 5.36. The first kappa shape index (κ1) is 15.3. The van der Waals surface area contributed by atoms with E-state index in [1.165, 1.54) is 18.2 Å². The first-order valence-electron chi connectivity index (χ1n) is 6.34. The Morgan fingerprint density at radius 2 is 1.90 bits per heavy atom. The number of ether oxygens (including phenoxy) is 1. The summed E-state index contributed by atoms with van der Waals surface area (Å²) >= 11 is 0. The van der Waals surface area contributed by atoms with Gasteiger partial charge in [-0.1, -0.05) is 18.2 Å². The average Bonchev–Trinajstić information content (AvgIpc) is 2.40. The number of aromatic nitrogens is 1. The topological polar surface area (TPSA) is 34.2 Å². The Morgan fingerprint density at radius 1 is 1.14 bits per heavy atom. The van der Waals surface area contributed by atoms with Crippen molar-refractivity contribution in [3.8, 4) is 5.75 Å². The summed E-state index contributed by atoms with van der Waals surface area (Å²) in [6.45, 7) is 1.87. The summed E-state index contributed by atoms with van der Waals surface area (Å²) in [4.78, 5) is 4.20. The van der Waals surface area contributed by atoms with Gasteiger partial charge in [0, 0.05) is 11.9 Å². The third-order valence-electron chi connectivity index (χ3n) is 2.98. The summed E-state index contributed by atoms with van der Waals surface area (Å²) in [5.41, 5.74) is 2.42. The van der Waals surface area contributed by atoms with Crippen molar-refractivity contribution in [1.82, 2.24) is 10.3 Å². The molecule has 1 heterocycles. The molecule has 0 saturated carbocycles. The largest absolute Gasteiger partial charge is 0.573 e. The third kappa shape index (κ3) is 4.19. The number of benzene rings is 1. The van der Waals surface area contributed by atoms with E-state index in [0.29, 0.717) is 5.56 Å². The lowest BCUT2D eigenvalue weighted by Crippen LogP contribution is -2.19. The van der Waals surface area contributed by atoms with Crippen LogP contribution in [0, 0.1) is 6.92 Å². The van der Waals surface area contributed by atoms with Gasteiger partial charge in [0.05, 0.1) is 6.04 Å². The molecule has 2 rings (SSSR count). The van der Waals surface area contributed by atoms with Gasteiger partial charge in [-0.15, -0.1) is 13.2 Å². The second kappa shape index (κ2) is 6.13. The van der Waals surface area contributed by atoms with E-state index < -0.39 is 6.36 Å². The van der Waals surface area contributed by atoms with E-state index >= 15 is 0 Å². The van der Waals surface area contributed by atoms with Gasteiger partial charge in [-0.25, -0.2) is 0 Å². The molecule has 0 aliphatic rings. The first-order valence-corrected chi connectivity index (χ1v) is 6.34. The van der Waals surface area contributed by atoms with E-state index in [4.69, 9.17) is 0 Å². The van der Waals surface area contributed by atoms with Crippen molar-refractivity contribution in [3.63, 3.8) is 0 Å². The van der Waals surface area contributed by atoms with Gasteiger partial charge in [0.15, 0.2) is 0 Å². The van der Waals surface area contributed by atoms with Crippen LogP contribution in [0.25, 0.3) is 0 Å². The molecular formula is C15H15F3N2O. The maximum atomic E-state index is 12.3. The molecule has 2 aromatic rings. The molecule has 0 bridgehead atoms. The Hall–Kier alpha value is -2.08. The lowest BCUT2D eigenvalue weighted by atomic mass is 10.00. The zero-order valence-corrected chi connectivity index (χ0v) is 11.6. The van der Waals surface area contributed by atoms with E-state index in [9.17, 15) is 13.2 Å². The van der Waals surface area contributed by atoms with Crippen LogP contribution in [0.5, 0.6) is 5.75 Å². The van der Waals surface area contributed by atoms with Gasteiger partial charge >= 0.3 is 6.36 Å². The average molecular weight is 296 g/mol. The molecule has 0 aliphatic heterocycles. The molecule has 0 saturated heterocycles. The van der Waals surface area contributed by atoms with Gasteiger partial charge in [-0.3, -0.25) is 4.98 Å². The van der Waals surface area contributed by atoms with Gasteiger partial charge in [0.2, 0.25) is 0 Å². The molecule has 21 heavy (non-hydrogen) atoms. The summed E-state index contributed by atoms with van der Waals surface area (Å²) in [5, 5.41) is 3.07. The normalized spacial score (nSPS) is 13.0. The fraction of sp³-hybridized carbons (Fsp3) is 0.267. The number of aryl methyl sites for hydroxylation is 1. The molecule has 1 N–H and O–H groups in total. The van der Waals surface area contributed by atoms with Crippen LogP contribution in [0.1, 0.15) is 22.9 Å². The Labute approximate surface area is 120 Å². The summed E-state index contributed by atoms with van der Waals surface area (Å²) in [6.07, 6.45) is -2.99. The van der Waals surface area contributed by atoms with E-state index in [0.717, 1.165) is 11.3 Å². The summed E-state index contributed by atoms with van der Waals surface area (Å²) in [5.74, 6) is -0.236. The zero-order valence-electron chi connectivity index (χ0n) is 11.6. The van der Waals surface area contributed by atoms with Crippen molar-refractivity contribution >= 4 is 0 Å². The predicted octanol–water partition coefficient (Wildman–Crippen LogP) is 3.60. The van der Waals surface area contributed by atoms with E-state index in [1.807, 2.05) is 19.1 Å². The van der Waals surface area contributed by atoms with E-state index in [1.54, 1.807) is 19.3 Å². The Bertz CT molecular complexity index is 597. The van der Waals surface area contributed by atoms with E-state index in [2.05, 4.69) is 15.0 Å². The monoisotopic (exact) mass is 296 g/mol. The van der Waals surface area contributed by atoms with Crippen LogP contribution in [0.15, 0.2) is 42.6 Å². The number of nitrogens with one attached hydrogen (secondary N) is 1. The highest BCUT2D eigenvalue weighted by Gasteiger charge is 2.31. The SMILES string of the molecule is CNC(c1ccc(C)nc1)c1cccc(OC(F)(F)F)c1. The Kier molecular flexibility index (Phi) is 4.47. The lowest BCUT2D eigenvalue weighted by molar-refractivity contribution is -0.274. The van der Waals surface area contributed by atoms with Crippen molar-refractivity contribution in [1.29, 1.82) is 0 Å². The van der Waals surface area contributed by atoms with Crippen molar-refractivity contribution < 1.29 is 17.9 Å². The minimum Gasteiger partial charge on any atom is -0.406 e. The Balaban J connectivity index is 2.30. The quantitative estimate of drug-likeness (QED) is 0.936. The predicted molar refractivity (Wildman–Crippen MR) is 73.0 cm³/mol. The second-order valence-corrected chi connectivity index (χ2v) is 4.57. The zero-order chi connectivity index (χ0) is 15.5. The molecular weight excluding hydrogens is 281 g/mol. The number of hydrogen-bond acceptors (Lipinski definition) is 3. The van der Waals surface area contributed by atoms with Crippen LogP contribution in [0.2, 0.25) is 0 Å². The number of alkyl halides is 3. The molecule has 6 heteroatoms. The number of rotatable bonds is 4. The summed E-state index contributed by atoms with van der Waals surface area (Å²) in [6, 6.07) is 9.41. The lowest BCUT2D eigenvalue weighted by Gasteiger charge is -2.18. The van der Waals surface area contributed by atoms with Crippen molar-refractivity contribution in [3.05, 3.63) is 59.4 Å². The molecule has 1 atom stereocenters. The van der Waals surface area contributed by atoms with Crippen LogP contribution in [0.4, 0.5) is 13.2 Å². The van der Waals surface area contributed by atoms with Crippen LogP contribution in [-0.2, 0) is 0 Å². The third-order valence-corrected chi connectivity index (χ3v) is 2.98. The van der Waals surface area contributed by atoms with Gasteiger partial charge in [0.25, 0.3) is 0 Å². The fourth-order valence-electron chi connectivity index (χ4n) is 2.07. The van der Waals surface area contributed by atoms with Crippen LogP contribution < -0.4 is 10.1 Å². The molecule has 1 unspecified atom stereocenters. The molecule has 0 amide bonds. The van der Waals surface area contributed by atoms with Gasteiger partial charge in [0.1, 0.15) is 5.75 Å². The maximum absolute atomic E-state index is 12.3. The maximum Gasteiger partial charge on any atom is 0.573 e.